The maximum Gasteiger partial charge on any atom is 0.339 e. The number of carboxylic acids is 1. The first-order valence-electron chi connectivity index (χ1n) is 5.99. The lowest BCUT2D eigenvalue weighted by atomic mass is 9.98. The van der Waals surface area contributed by atoms with Gasteiger partial charge in [0.2, 0.25) is 0 Å². The lowest BCUT2D eigenvalue weighted by molar-refractivity contribution is 0.0686. The van der Waals surface area contributed by atoms with E-state index in [0.29, 0.717) is 0 Å². The molecule has 0 spiro atoms. The number of carbonyl (C=O) groups excluding carboxylic acids is 1. The Kier molecular flexibility index (Phi) is 6.16. The predicted octanol–water partition coefficient (Wildman–Crippen LogP) is 4.76. The van der Waals surface area contributed by atoms with Crippen molar-refractivity contribution in [2.24, 2.45) is 0 Å². The number of rotatable bonds is 4. The third-order valence-electron chi connectivity index (χ3n) is 2.97. The standard InChI is InChI=1S/C15H8FI3O3/c16-10-3-1-2-8(14(10)15(21)22)13(20)6-9-11(18)4-7(17)5-12(9)19/h1-5H,6H2,(H,21,22). The molecule has 114 valence electrons. The van der Waals surface area contributed by atoms with Crippen LogP contribution in [0.15, 0.2) is 30.3 Å². The van der Waals surface area contributed by atoms with Crippen LogP contribution in [0.2, 0.25) is 0 Å². The van der Waals surface area contributed by atoms with Gasteiger partial charge in [0.1, 0.15) is 11.4 Å². The van der Waals surface area contributed by atoms with Gasteiger partial charge in [-0.1, -0.05) is 12.1 Å². The van der Waals surface area contributed by atoms with Crippen molar-refractivity contribution in [2.75, 3.05) is 0 Å². The summed E-state index contributed by atoms with van der Waals surface area (Å²) in [5, 5.41) is 9.11. The van der Waals surface area contributed by atoms with Gasteiger partial charge >= 0.3 is 5.97 Å². The van der Waals surface area contributed by atoms with Crippen molar-refractivity contribution in [1.82, 2.24) is 0 Å². The van der Waals surface area contributed by atoms with Gasteiger partial charge in [-0.2, -0.15) is 0 Å². The summed E-state index contributed by atoms with van der Waals surface area (Å²) in [6.07, 6.45) is 0.0389. The molecule has 2 aromatic carbocycles. The number of halogens is 4. The van der Waals surface area contributed by atoms with E-state index in [2.05, 4.69) is 67.8 Å². The molecule has 0 atom stereocenters. The van der Waals surface area contributed by atoms with Gasteiger partial charge in [0.15, 0.2) is 5.78 Å². The SMILES string of the molecule is O=C(Cc1c(I)cc(I)cc1I)c1cccc(F)c1C(=O)O. The van der Waals surface area contributed by atoms with Crippen molar-refractivity contribution in [2.45, 2.75) is 6.42 Å². The Morgan fingerprint density at radius 3 is 2.23 bits per heavy atom. The van der Waals surface area contributed by atoms with Gasteiger partial charge in [0.05, 0.1) is 0 Å². The monoisotopic (exact) mass is 636 g/mol. The quantitative estimate of drug-likeness (QED) is 0.390. The first kappa shape index (κ1) is 18.0. The van der Waals surface area contributed by atoms with Crippen LogP contribution in [0.1, 0.15) is 26.3 Å². The van der Waals surface area contributed by atoms with E-state index in [1.807, 2.05) is 12.1 Å². The fraction of sp³-hybridized carbons (Fsp3) is 0.0667. The van der Waals surface area contributed by atoms with Gasteiger partial charge in [0.25, 0.3) is 0 Å². The minimum Gasteiger partial charge on any atom is -0.478 e. The summed E-state index contributed by atoms with van der Waals surface area (Å²) in [6, 6.07) is 7.62. The number of ketones is 1. The van der Waals surface area contributed by atoms with E-state index in [4.69, 9.17) is 5.11 Å². The average Bonchev–Trinajstić information content (AvgIpc) is 2.41. The predicted molar refractivity (Wildman–Crippen MR) is 106 cm³/mol. The highest BCUT2D eigenvalue weighted by molar-refractivity contribution is 14.1. The third-order valence-corrected chi connectivity index (χ3v) is 5.52. The molecule has 0 bridgehead atoms. The van der Waals surface area contributed by atoms with Gasteiger partial charge in [-0.15, -0.1) is 0 Å². The summed E-state index contributed by atoms with van der Waals surface area (Å²) in [6.45, 7) is 0. The topological polar surface area (TPSA) is 54.4 Å². The van der Waals surface area contributed by atoms with Crippen molar-refractivity contribution in [3.63, 3.8) is 0 Å². The number of hydrogen-bond acceptors (Lipinski definition) is 2. The Balaban J connectivity index is 2.43. The molecule has 0 aromatic heterocycles. The molecular weight excluding hydrogens is 628 g/mol. The van der Waals surface area contributed by atoms with E-state index in [1.165, 1.54) is 12.1 Å². The van der Waals surface area contributed by atoms with Crippen LogP contribution < -0.4 is 0 Å². The smallest absolute Gasteiger partial charge is 0.339 e. The van der Waals surface area contributed by atoms with Crippen molar-refractivity contribution in [1.29, 1.82) is 0 Å². The Morgan fingerprint density at radius 2 is 1.68 bits per heavy atom. The molecule has 0 aliphatic carbocycles. The van der Waals surface area contributed by atoms with Gasteiger partial charge in [-0.3, -0.25) is 4.79 Å². The molecule has 1 N–H and O–H groups in total. The van der Waals surface area contributed by atoms with E-state index in [0.717, 1.165) is 22.3 Å². The number of carboxylic acid groups (broad SMARTS) is 1. The zero-order valence-electron chi connectivity index (χ0n) is 10.9. The highest BCUT2D eigenvalue weighted by atomic mass is 127. The van der Waals surface area contributed by atoms with Gasteiger partial charge < -0.3 is 5.11 Å². The molecule has 2 aromatic rings. The molecule has 0 unspecified atom stereocenters. The van der Waals surface area contributed by atoms with Crippen LogP contribution in [-0.4, -0.2) is 16.9 Å². The number of hydrogen-bond donors (Lipinski definition) is 1. The maximum atomic E-state index is 13.7. The van der Waals surface area contributed by atoms with Crippen LogP contribution in [-0.2, 0) is 6.42 Å². The molecule has 22 heavy (non-hydrogen) atoms. The van der Waals surface area contributed by atoms with E-state index >= 15 is 0 Å². The summed E-state index contributed by atoms with van der Waals surface area (Å²) < 4.78 is 16.6. The lowest BCUT2D eigenvalue weighted by Crippen LogP contribution is -2.14. The normalized spacial score (nSPS) is 10.5. The second-order valence-electron chi connectivity index (χ2n) is 4.42. The molecule has 0 heterocycles. The summed E-state index contributed by atoms with van der Waals surface area (Å²) in [5.74, 6) is -2.74. The number of Topliss-reactive ketones (excluding diaryl/α,β-unsaturated/α-hetero) is 1. The Morgan fingerprint density at radius 1 is 1.09 bits per heavy atom. The second-order valence-corrected chi connectivity index (χ2v) is 7.99. The molecule has 2 rings (SSSR count). The summed E-state index contributed by atoms with van der Waals surface area (Å²) in [7, 11) is 0. The first-order chi connectivity index (χ1) is 10.3. The van der Waals surface area contributed by atoms with Crippen molar-refractivity contribution < 1.29 is 19.1 Å². The first-order valence-corrected chi connectivity index (χ1v) is 9.23. The largest absolute Gasteiger partial charge is 0.478 e. The van der Waals surface area contributed by atoms with Crippen LogP contribution in [0.5, 0.6) is 0 Å². The molecule has 0 aliphatic rings. The molecule has 0 radical (unpaired) electrons. The highest BCUT2D eigenvalue weighted by Crippen LogP contribution is 2.25. The summed E-state index contributed by atoms with van der Waals surface area (Å²) in [5.41, 5.74) is 0.160. The zero-order valence-corrected chi connectivity index (χ0v) is 17.3. The van der Waals surface area contributed by atoms with Crippen molar-refractivity contribution >= 4 is 79.5 Å². The molecule has 0 fully saturated rings. The Bertz CT molecular complexity index is 752. The maximum absolute atomic E-state index is 13.7. The van der Waals surface area contributed by atoms with Crippen LogP contribution in [0.4, 0.5) is 4.39 Å². The number of aromatic carboxylic acids is 1. The minimum atomic E-state index is -1.44. The fourth-order valence-electron chi connectivity index (χ4n) is 1.97. The highest BCUT2D eigenvalue weighted by Gasteiger charge is 2.22. The fourth-order valence-corrected chi connectivity index (χ4v) is 5.93. The van der Waals surface area contributed by atoms with Crippen LogP contribution >= 0.6 is 67.8 Å². The second kappa shape index (κ2) is 7.51. The minimum absolute atomic E-state index is 0.0389. The van der Waals surface area contributed by atoms with Crippen LogP contribution in [0.25, 0.3) is 0 Å². The number of benzene rings is 2. The molecular formula is C15H8FI3O3. The van der Waals surface area contributed by atoms with E-state index < -0.39 is 23.1 Å². The lowest BCUT2D eigenvalue weighted by Gasteiger charge is -2.10. The summed E-state index contributed by atoms with van der Waals surface area (Å²) >= 11 is 6.47. The van der Waals surface area contributed by atoms with Crippen molar-refractivity contribution in [3.05, 3.63) is 63.5 Å². The Labute approximate surface area is 167 Å². The average molecular weight is 636 g/mol. The zero-order chi connectivity index (χ0) is 16.4. The van der Waals surface area contributed by atoms with Gasteiger partial charge in [-0.05, 0) is 91.5 Å². The van der Waals surface area contributed by atoms with E-state index in [-0.39, 0.29) is 12.0 Å². The van der Waals surface area contributed by atoms with Gasteiger partial charge in [-0.25, -0.2) is 9.18 Å². The van der Waals surface area contributed by atoms with Crippen molar-refractivity contribution in [3.8, 4) is 0 Å². The van der Waals surface area contributed by atoms with E-state index in [9.17, 15) is 14.0 Å². The molecule has 0 saturated heterocycles. The molecule has 7 heteroatoms. The molecule has 0 amide bonds. The van der Waals surface area contributed by atoms with Crippen LogP contribution in [0, 0.1) is 16.5 Å². The third kappa shape index (κ3) is 3.96. The van der Waals surface area contributed by atoms with Crippen LogP contribution in [0.3, 0.4) is 0 Å². The molecule has 0 saturated carbocycles. The van der Waals surface area contributed by atoms with E-state index in [1.54, 1.807) is 0 Å². The summed E-state index contributed by atoms with van der Waals surface area (Å²) in [4.78, 5) is 23.6. The molecule has 3 nitrogen and oxygen atoms in total. The number of carbonyl (C=O) groups is 2. The molecule has 0 aliphatic heterocycles. The van der Waals surface area contributed by atoms with Gasteiger partial charge in [0, 0.05) is 22.7 Å². The Hall–Kier alpha value is -0.300.